The highest BCUT2D eigenvalue weighted by atomic mass is 127. The Morgan fingerprint density at radius 3 is 2.72 bits per heavy atom. The normalized spacial score (nSPS) is 10.1. The van der Waals surface area contributed by atoms with E-state index < -0.39 is 5.97 Å². The molecule has 18 heavy (non-hydrogen) atoms. The molecule has 1 amide bonds. The van der Waals surface area contributed by atoms with Gasteiger partial charge >= 0.3 is 5.97 Å². The number of benzene rings is 1. The van der Waals surface area contributed by atoms with Crippen LogP contribution in [0.3, 0.4) is 0 Å². The number of carbonyl (C=O) groups excluding carboxylic acids is 1. The summed E-state index contributed by atoms with van der Waals surface area (Å²) in [6.45, 7) is 0.756. The number of hydrogen-bond acceptors (Lipinski definition) is 3. The molecule has 0 spiro atoms. The fourth-order valence-corrected chi connectivity index (χ4v) is 1.93. The molecular formula is C12H15IN2O3. The minimum atomic E-state index is -1.04. The van der Waals surface area contributed by atoms with Crippen molar-refractivity contribution in [2.24, 2.45) is 0 Å². The second-order valence-electron chi connectivity index (χ2n) is 3.75. The van der Waals surface area contributed by atoms with Gasteiger partial charge in [-0.25, -0.2) is 4.79 Å². The minimum Gasteiger partial charge on any atom is -0.478 e. The maximum Gasteiger partial charge on any atom is 0.337 e. The number of anilines is 1. The van der Waals surface area contributed by atoms with Gasteiger partial charge in [-0.15, -0.1) is 0 Å². The third-order valence-corrected chi connectivity index (χ3v) is 2.99. The monoisotopic (exact) mass is 362 g/mol. The van der Waals surface area contributed by atoms with Crippen molar-refractivity contribution in [2.75, 3.05) is 18.9 Å². The van der Waals surface area contributed by atoms with Gasteiger partial charge in [0.2, 0.25) is 5.91 Å². The first-order valence-electron chi connectivity index (χ1n) is 5.52. The van der Waals surface area contributed by atoms with Gasteiger partial charge in [-0.3, -0.25) is 4.79 Å². The van der Waals surface area contributed by atoms with Crippen LogP contribution in [0.1, 0.15) is 23.2 Å². The Balaban J connectivity index is 2.72. The third kappa shape index (κ3) is 4.61. The summed E-state index contributed by atoms with van der Waals surface area (Å²) in [6, 6.07) is 4.91. The second-order valence-corrected chi connectivity index (χ2v) is 5.00. The molecule has 0 aliphatic heterocycles. The minimum absolute atomic E-state index is 0.115. The maximum atomic E-state index is 11.6. The number of hydrogen-bond donors (Lipinski definition) is 3. The van der Waals surface area contributed by atoms with Crippen LogP contribution in [-0.4, -0.2) is 30.6 Å². The predicted molar refractivity (Wildman–Crippen MR) is 77.9 cm³/mol. The number of nitrogens with one attached hydrogen (secondary N) is 2. The number of carbonyl (C=O) groups is 2. The molecular weight excluding hydrogens is 347 g/mol. The summed E-state index contributed by atoms with van der Waals surface area (Å²) in [5.41, 5.74) is 0.459. The number of aromatic carboxylic acids is 1. The van der Waals surface area contributed by atoms with Crippen LogP contribution in [0.2, 0.25) is 0 Å². The van der Waals surface area contributed by atoms with Crippen LogP contribution in [0.15, 0.2) is 18.2 Å². The molecule has 0 heterocycles. The molecule has 0 fully saturated rings. The Kier molecular flexibility index (Phi) is 6.06. The lowest BCUT2D eigenvalue weighted by Crippen LogP contribution is -2.17. The zero-order valence-corrected chi connectivity index (χ0v) is 12.2. The highest BCUT2D eigenvalue weighted by molar-refractivity contribution is 14.1. The first kappa shape index (κ1) is 14.9. The molecule has 6 heteroatoms. The highest BCUT2D eigenvalue weighted by Gasteiger charge is 2.12. The average Bonchev–Trinajstić information content (AvgIpc) is 2.31. The zero-order valence-electron chi connectivity index (χ0n) is 10.00. The number of carboxylic acids is 1. The van der Waals surface area contributed by atoms with E-state index in [1.165, 1.54) is 6.07 Å². The van der Waals surface area contributed by atoms with E-state index in [2.05, 4.69) is 10.6 Å². The number of halogens is 1. The Bertz CT molecular complexity index is 449. The number of carboxylic acid groups (broad SMARTS) is 1. The summed E-state index contributed by atoms with van der Waals surface area (Å²) in [4.78, 5) is 22.7. The fraction of sp³-hybridized carbons (Fsp3) is 0.333. The lowest BCUT2D eigenvalue weighted by atomic mass is 10.1. The van der Waals surface area contributed by atoms with Crippen molar-refractivity contribution < 1.29 is 14.7 Å². The smallest absolute Gasteiger partial charge is 0.337 e. The van der Waals surface area contributed by atoms with Crippen LogP contribution >= 0.6 is 22.6 Å². The third-order valence-electron chi connectivity index (χ3n) is 2.32. The summed E-state index contributed by atoms with van der Waals surface area (Å²) in [5.74, 6) is -1.21. The Hall–Kier alpha value is -1.15. The van der Waals surface area contributed by atoms with Gasteiger partial charge in [0, 0.05) is 9.99 Å². The van der Waals surface area contributed by atoms with Crippen molar-refractivity contribution in [3.63, 3.8) is 0 Å². The Labute approximate surface area is 119 Å². The van der Waals surface area contributed by atoms with Crippen LogP contribution in [0, 0.1) is 3.57 Å². The van der Waals surface area contributed by atoms with Crippen LogP contribution in [0.5, 0.6) is 0 Å². The van der Waals surface area contributed by atoms with Gasteiger partial charge < -0.3 is 15.7 Å². The van der Waals surface area contributed by atoms with Gasteiger partial charge in [-0.1, -0.05) is 0 Å². The maximum absolute atomic E-state index is 11.6. The molecule has 0 unspecified atom stereocenters. The molecule has 0 aliphatic rings. The van der Waals surface area contributed by atoms with E-state index in [0.717, 1.165) is 16.5 Å². The molecule has 1 rings (SSSR count). The van der Waals surface area contributed by atoms with E-state index in [4.69, 9.17) is 5.11 Å². The standard InChI is InChI=1S/C12H15IN2O3/c1-14-6-2-3-11(16)15-10-5-4-8(13)7-9(10)12(17)18/h4-5,7,14H,2-3,6H2,1H3,(H,15,16)(H,17,18). The van der Waals surface area contributed by atoms with Crippen LogP contribution in [0.25, 0.3) is 0 Å². The molecule has 0 saturated heterocycles. The largest absolute Gasteiger partial charge is 0.478 e. The SMILES string of the molecule is CNCCCC(=O)Nc1ccc(I)cc1C(=O)O. The molecule has 0 bridgehead atoms. The van der Waals surface area contributed by atoms with E-state index >= 15 is 0 Å². The highest BCUT2D eigenvalue weighted by Crippen LogP contribution is 2.19. The van der Waals surface area contributed by atoms with Gasteiger partial charge in [-0.2, -0.15) is 0 Å². The van der Waals surface area contributed by atoms with Gasteiger partial charge in [0.1, 0.15) is 0 Å². The second kappa shape index (κ2) is 7.32. The van der Waals surface area contributed by atoms with Crippen molar-refractivity contribution >= 4 is 40.2 Å². The molecule has 1 aromatic rings. The van der Waals surface area contributed by atoms with E-state index in [1.54, 1.807) is 12.1 Å². The van der Waals surface area contributed by atoms with Crippen molar-refractivity contribution in [1.29, 1.82) is 0 Å². The zero-order chi connectivity index (χ0) is 13.5. The molecule has 98 valence electrons. The lowest BCUT2D eigenvalue weighted by Gasteiger charge is -2.08. The van der Waals surface area contributed by atoms with Gasteiger partial charge in [0.15, 0.2) is 0 Å². The van der Waals surface area contributed by atoms with Gasteiger partial charge in [0.25, 0.3) is 0 Å². The van der Waals surface area contributed by atoms with Crippen molar-refractivity contribution in [3.8, 4) is 0 Å². The quantitative estimate of drug-likeness (QED) is 0.534. The van der Waals surface area contributed by atoms with Gasteiger partial charge in [0.05, 0.1) is 11.3 Å². The summed E-state index contributed by atoms with van der Waals surface area (Å²) < 4.78 is 0.818. The molecule has 3 N–H and O–H groups in total. The summed E-state index contributed by atoms with van der Waals surface area (Å²) in [6.07, 6.45) is 1.08. The summed E-state index contributed by atoms with van der Waals surface area (Å²) >= 11 is 2.03. The molecule has 0 atom stereocenters. The van der Waals surface area contributed by atoms with Gasteiger partial charge in [-0.05, 0) is 60.8 Å². The van der Waals surface area contributed by atoms with Crippen LogP contribution < -0.4 is 10.6 Å². The van der Waals surface area contributed by atoms with E-state index in [0.29, 0.717) is 12.1 Å². The van der Waals surface area contributed by atoms with Crippen molar-refractivity contribution in [2.45, 2.75) is 12.8 Å². The molecule has 0 saturated carbocycles. The lowest BCUT2D eigenvalue weighted by molar-refractivity contribution is -0.116. The molecule has 5 nitrogen and oxygen atoms in total. The Morgan fingerprint density at radius 2 is 2.11 bits per heavy atom. The molecule has 1 aromatic carbocycles. The van der Waals surface area contributed by atoms with E-state index in [9.17, 15) is 9.59 Å². The number of rotatable bonds is 6. The summed E-state index contributed by atoms with van der Waals surface area (Å²) in [7, 11) is 1.82. The van der Waals surface area contributed by atoms with Crippen molar-refractivity contribution in [3.05, 3.63) is 27.3 Å². The first-order chi connectivity index (χ1) is 8.54. The fourth-order valence-electron chi connectivity index (χ4n) is 1.44. The molecule has 0 aromatic heterocycles. The Morgan fingerprint density at radius 1 is 1.39 bits per heavy atom. The number of amides is 1. The first-order valence-corrected chi connectivity index (χ1v) is 6.59. The van der Waals surface area contributed by atoms with Crippen molar-refractivity contribution in [1.82, 2.24) is 5.32 Å². The molecule has 0 aliphatic carbocycles. The summed E-state index contributed by atoms with van der Waals surface area (Å²) in [5, 5.41) is 14.6. The topological polar surface area (TPSA) is 78.4 Å². The predicted octanol–water partition coefficient (Wildman–Crippen LogP) is 1.93. The van der Waals surface area contributed by atoms with E-state index in [1.807, 2.05) is 29.6 Å². The molecule has 0 radical (unpaired) electrons. The van der Waals surface area contributed by atoms with Crippen LogP contribution in [-0.2, 0) is 4.79 Å². The average molecular weight is 362 g/mol. The van der Waals surface area contributed by atoms with Crippen LogP contribution in [0.4, 0.5) is 5.69 Å². The van der Waals surface area contributed by atoms with E-state index in [-0.39, 0.29) is 11.5 Å².